The molecule has 1 fully saturated rings. The van der Waals surface area contributed by atoms with Crippen LogP contribution in [0.5, 0.6) is 5.75 Å². The third-order valence-electron chi connectivity index (χ3n) is 4.87. The molecule has 1 aliphatic heterocycles. The molecule has 28 heavy (non-hydrogen) atoms. The highest BCUT2D eigenvalue weighted by atomic mass is 16.5. The number of fused-ring (bicyclic) bond motifs is 1. The Hall–Kier alpha value is -2.30. The molecular weight excluding hydrogens is 372 g/mol. The van der Waals surface area contributed by atoms with Crippen LogP contribution in [0.1, 0.15) is 29.9 Å². The third kappa shape index (κ3) is 3.43. The Morgan fingerprint density at radius 1 is 1.14 bits per heavy atom. The quantitative estimate of drug-likeness (QED) is 0.459. The summed E-state index contributed by atoms with van der Waals surface area (Å²) in [6.45, 7) is 2.27. The third-order valence-corrected chi connectivity index (χ3v) is 4.87. The summed E-state index contributed by atoms with van der Waals surface area (Å²) in [6, 6.07) is 2.48. The summed E-state index contributed by atoms with van der Waals surface area (Å²) < 4.78 is 11.2. The lowest BCUT2D eigenvalue weighted by molar-refractivity contribution is -0.231. The lowest BCUT2D eigenvalue weighted by Crippen LogP contribution is -2.55. The van der Waals surface area contributed by atoms with E-state index in [1.807, 2.05) is 0 Å². The van der Waals surface area contributed by atoms with E-state index >= 15 is 0 Å². The Labute approximate surface area is 159 Å². The Morgan fingerprint density at radius 2 is 1.82 bits per heavy atom. The molecule has 9 nitrogen and oxygen atoms in total. The number of benzene rings is 1. The van der Waals surface area contributed by atoms with E-state index in [0.717, 1.165) is 0 Å². The van der Waals surface area contributed by atoms with Crippen molar-refractivity contribution >= 4 is 16.8 Å². The van der Waals surface area contributed by atoms with Crippen molar-refractivity contribution in [3.05, 3.63) is 39.2 Å². The van der Waals surface area contributed by atoms with Crippen LogP contribution in [-0.2, 0) is 16.0 Å². The minimum atomic E-state index is -1.67. The number of phenolic OH excluding ortho intramolecular Hbond substituents is 1. The van der Waals surface area contributed by atoms with Gasteiger partial charge in [0.15, 0.2) is 5.43 Å². The molecule has 0 saturated carbocycles. The molecule has 0 amide bonds. The number of phenols is 1. The largest absolute Gasteiger partial charge is 0.507 e. The monoisotopic (exact) mass is 394 g/mol. The van der Waals surface area contributed by atoms with Crippen molar-refractivity contribution in [2.24, 2.45) is 0 Å². The first-order chi connectivity index (χ1) is 13.1. The summed E-state index contributed by atoms with van der Waals surface area (Å²) in [5.74, 6) is -0.535. The number of aliphatic hydroxyl groups excluding tert-OH is 4. The molecule has 5 N–H and O–H groups in total. The van der Waals surface area contributed by atoms with Crippen molar-refractivity contribution in [3.63, 3.8) is 0 Å². The van der Waals surface area contributed by atoms with E-state index in [4.69, 9.17) is 9.15 Å². The number of rotatable bonds is 4. The SMILES string of the molecule is CC(=O)Cc1cc(=O)c2c(C)cc(O)c([C@@H]3O[C@@H](CO)[C@@H](O)[C@@H](O)[C@H]3O)c2o1. The molecular formula is C19H22O9. The van der Waals surface area contributed by atoms with E-state index < -0.39 is 42.6 Å². The molecule has 152 valence electrons. The van der Waals surface area contributed by atoms with Crippen LogP contribution in [0.2, 0.25) is 0 Å². The summed E-state index contributed by atoms with van der Waals surface area (Å²) in [6.07, 6.45) is -7.65. The van der Waals surface area contributed by atoms with Crippen LogP contribution in [0.25, 0.3) is 11.0 Å². The molecule has 5 atom stereocenters. The molecule has 1 aromatic heterocycles. The van der Waals surface area contributed by atoms with Gasteiger partial charge in [0.05, 0.1) is 24.0 Å². The zero-order valence-corrected chi connectivity index (χ0v) is 15.3. The molecule has 9 heteroatoms. The molecule has 3 rings (SSSR count). The first kappa shape index (κ1) is 20.4. The Balaban J connectivity index is 2.26. The van der Waals surface area contributed by atoms with Crippen LogP contribution in [0.15, 0.2) is 21.3 Å². The number of Topliss-reactive ketones (excluding diaryl/α,β-unsaturated/α-hetero) is 1. The topological polar surface area (TPSA) is 158 Å². The van der Waals surface area contributed by atoms with Gasteiger partial charge in [-0.15, -0.1) is 0 Å². The Bertz CT molecular complexity index is 962. The standard InChI is InChI=1S/C19H22O9/c1-7-3-10(22)14(19-17(26)16(25)15(24)12(6-20)28-19)18-13(7)11(23)5-9(27-18)4-8(2)21/h3,5,12,15-17,19-20,22,24-26H,4,6H2,1-2H3/t12-,15+,16+,17+,19-/m0/s1. The Morgan fingerprint density at radius 3 is 2.43 bits per heavy atom. The van der Waals surface area contributed by atoms with Crippen LogP contribution < -0.4 is 5.43 Å². The smallest absolute Gasteiger partial charge is 0.193 e. The van der Waals surface area contributed by atoms with Gasteiger partial charge in [0, 0.05) is 6.07 Å². The number of aryl methyl sites for hydroxylation is 1. The molecule has 2 heterocycles. The fourth-order valence-electron chi connectivity index (χ4n) is 3.52. The summed E-state index contributed by atoms with van der Waals surface area (Å²) >= 11 is 0. The van der Waals surface area contributed by atoms with Crippen LogP contribution in [0, 0.1) is 6.92 Å². The zero-order chi connectivity index (χ0) is 20.7. The molecule has 1 aromatic carbocycles. The van der Waals surface area contributed by atoms with Crippen molar-refractivity contribution in [1.82, 2.24) is 0 Å². The minimum absolute atomic E-state index is 0.0702. The average Bonchev–Trinajstić information content (AvgIpc) is 2.60. The van der Waals surface area contributed by atoms with Gasteiger partial charge in [0.25, 0.3) is 0 Å². The van der Waals surface area contributed by atoms with Gasteiger partial charge in [0.2, 0.25) is 0 Å². The fourth-order valence-corrected chi connectivity index (χ4v) is 3.52. The van der Waals surface area contributed by atoms with Gasteiger partial charge in [-0.3, -0.25) is 9.59 Å². The number of ether oxygens (including phenoxy) is 1. The van der Waals surface area contributed by atoms with E-state index in [-0.39, 0.29) is 40.2 Å². The summed E-state index contributed by atoms with van der Waals surface area (Å²) in [5, 5.41) is 50.5. The van der Waals surface area contributed by atoms with Crippen molar-refractivity contribution in [3.8, 4) is 5.75 Å². The molecule has 0 bridgehead atoms. The van der Waals surface area contributed by atoms with Gasteiger partial charge in [0.1, 0.15) is 53.4 Å². The average molecular weight is 394 g/mol. The second kappa shape index (κ2) is 7.61. The maximum atomic E-state index is 12.6. The molecule has 0 unspecified atom stereocenters. The van der Waals surface area contributed by atoms with Crippen molar-refractivity contribution in [1.29, 1.82) is 0 Å². The maximum Gasteiger partial charge on any atom is 0.193 e. The number of hydrogen-bond acceptors (Lipinski definition) is 9. The van der Waals surface area contributed by atoms with Gasteiger partial charge < -0.3 is 34.7 Å². The lowest BCUT2D eigenvalue weighted by atomic mass is 9.89. The van der Waals surface area contributed by atoms with Gasteiger partial charge in [-0.25, -0.2) is 0 Å². The van der Waals surface area contributed by atoms with Crippen LogP contribution in [0.4, 0.5) is 0 Å². The number of hydrogen-bond donors (Lipinski definition) is 5. The first-order valence-electron chi connectivity index (χ1n) is 8.74. The first-order valence-corrected chi connectivity index (χ1v) is 8.74. The highest BCUT2D eigenvalue weighted by Gasteiger charge is 2.45. The van der Waals surface area contributed by atoms with Gasteiger partial charge in [-0.05, 0) is 25.5 Å². The predicted octanol–water partition coefficient (Wildman–Crippen LogP) is -0.547. The predicted molar refractivity (Wildman–Crippen MR) is 96.0 cm³/mol. The van der Waals surface area contributed by atoms with Crippen LogP contribution in [-0.4, -0.2) is 62.3 Å². The summed E-state index contributed by atoms with van der Waals surface area (Å²) in [7, 11) is 0. The molecule has 2 aromatic rings. The van der Waals surface area contributed by atoms with E-state index in [1.54, 1.807) is 6.92 Å². The van der Waals surface area contributed by atoms with Crippen molar-refractivity contribution in [2.45, 2.75) is 50.8 Å². The number of ketones is 1. The molecule has 0 spiro atoms. The van der Waals surface area contributed by atoms with E-state index in [9.17, 15) is 35.1 Å². The summed E-state index contributed by atoms with van der Waals surface area (Å²) in [4.78, 5) is 24.0. The van der Waals surface area contributed by atoms with Gasteiger partial charge in [-0.2, -0.15) is 0 Å². The second-order valence-electron chi connectivity index (χ2n) is 7.04. The highest BCUT2D eigenvalue weighted by molar-refractivity contribution is 5.86. The summed E-state index contributed by atoms with van der Waals surface area (Å²) in [5.41, 5.74) is -0.240. The molecule has 1 saturated heterocycles. The normalized spacial score (nSPS) is 27.9. The molecule has 0 aliphatic carbocycles. The lowest BCUT2D eigenvalue weighted by Gasteiger charge is -2.40. The van der Waals surface area contributed by atoms with Gasteiger partial charge >= 0.3 is 0 Å². The van der Waals surface area contributed by atoms with Crippen molar-refractivity contribution in [2.75, 3.05) is 6.61 Å². The Kier molecular flexibility index (Phi) is 5.55. The van der Waals surface area contributed by atoms with Crippen LogP contribution >= 0.6 is 0 Å². The minimum Gasteiger partial charge on any atom is -0.507 e. The highest BCUT2D eigenvalue weighted by Crippen LogP contribution is 2.41. The van der Waals surface area contributed by atoms with E-state index in [2.05, 4.69) is 0 Å². The van der Waals surface area contributed by atoms with E-state index in [0.29, 0.717) is 5.56 Å². The van der Waals surface area contributed by atoms with E-state index in [1.165, 1.54) is 19.1 Å². The number of aromatic hydroxyl groups is 1. The second-order valence-corrected chi connectivity index (χ2v) is 7.04. The zero-order valence-electron chi connectivity index (χ0n) is 15.3. The number of carbonyl (C=O) groups excluding carboxylic acids is 1. The molecule has 0 radical (unpaired) electrons. The molecule has 1 aliphatic rings. The maximum absolute atomic E-state index is 12.6. The van der Waals surface area contributed by atoms with Gasteiger partial charge in [-0.1, -0.05) is 0 Å². The van der Waals surface area contributed by atoms with Crippen LogP contribution in [0.3, 0.4) is 0 Å². The number of aliphatic hydroxyl groups is 4. The number of carbonyl (C=O) groups is 1. The fraction of sp³-hybridized carbons (Fsp3) is 0.474. The van der Waals surface area contributed by atoms with Crippen molar-refractivity contribution < 1.29 is 39.5 Å².